The van der Waals surface area contributed by atoms with Crippen LogP contribution in [0.2, 0.25) is 5.02 Å². The van der Waals surface area contributed by atoms with E-state index in [1.807, 2.05) is 67.9 Å². The maximum absolute atomic E-state index is 12.5. The molecule has 0 aliphatic heterocycles. The lowest BCUT2D eigenvalue weighted by Gasteiger charge is -2.11. The number of carbonyl (C=O) groups excluding carboxylic acids is 1. The molecule has 0 aliphatic rings. The average molecular weight is 436 g/mol. The van der Waals surface area contributed by atoms with E-state index in [1.54, 1.807) is 12.1 Å². The summed E-state index contributed by atoms with van der Waals surface area (Å²) < 4.78 is 1.84. The number of halogens is 1. The smallest absolute Gasteiger partial charge is 0.251 e. The molecular weight excluding hydrogens is 410 g/mol. The summed E-state index contributed by atoms with van der Waals surface area (Å²) in [5.74, 6) is -0.0694. The fourth-order valence-electron chi connectivity index (χ4n) is 3.43. The van der Waals surface area contributed by atoms with Crippen molar-refractivity contribution >= 4 is 17.5 Å². The molecule has 1 heterocycles. The van der Waals surface area contributed by atoms with Gasteiger partial charge in [0.2, 0.25) is 0 Å². The van der Waals surface area contributed by atoms with E-state index in [1.165, 1.54) is 0 Å². The largest absolute Gasteiger partial charge is 0.351 e. The molecule has 0 radical (unpaired) electrons. The van der Waals surface area contributed by atoms with E-state index in [9.17, 15) is 4.79 Å². The van der Waals surface area contributed by atoms with Crippen LogP contribution in [0.3, 0.4) is 0 Å². The first-order valence-electron chi connectivity index (χ1n) is 10.1. The van der Waals surface area contributed by atoms with Crippen molar-refractivity contribution in [1.29, 1.82) is 5.26 Å². The van der Waals surface area contributed by atoms with Crippen molar-refractivity contribution < 1.29 is 4.79 Å². The number of hydrogen-bond donors (Lipinski definition) is 1. The van der Waals surface area contributed by atoms with Crippen LogP contribution in [-0.4, -0.2) is 47.8 Å². The molecule has 2 aromatic carbocycles. The third-order valence-electron chi connectivity index (χ3n) is 5.17. The Balaban J connectivity index is 1.82. The lowest BCUT2D eigenvalue weighted by Crippen LogP contribution is -2.31. The zero-order valence-corrected chi connectivity index (χ0v) is 19.0. The molecular formula is C24H26ClN5O. The Labute approximate surface area is 188 Å². The molecule has 7 heteroatoms. The van der Waals surface area contributed by atoms with Crippen molar-refractivity contribution in [2.24, 2.45) is 0 Å². The molecule has 6 nitrogen and oxygen atoms in total. The summed E-state index contributed by atoms with van der Waals surface area (Å²) in [5.41, 5.74) is 5.96. The molecule has 0 atom stereocenters. The van der Waals surface area contributed by atoms with Gasteiger partial charge in [0.25, 0.3) is 5.91 Å². The number of carbonyl (C=O) groups is 1. The van der Waals surface area contributed by atoms with Gasteiger partial charge in [0.05, 0.1) is 22.0 Å². The highest BCUT2D eigenvalue weighted by Gasteiger charge is 2.15. The number of benzene rings is 2. The third kappa shape index (κ3) is 5.32. The standard InChI is InChI=1S/C24H26ClN5O/c1-16-22(17(2)30(28-16)21-9-8-20(15-26)23(25)14-21)13-18-6-5-7-19(12-18)24(31)27-10-11-29(3)4/h5-9,12,14H,10-11,13H2,1-4H3,(H,27,31). The van der Waals surface area contributed by atoms with Crippen LogP contribution in [0.5, 0.6) is 0 Å². The van der Waals surface area contributed by atoms with Gasteiger partial charge in [0, 0.05) is 36.3 Å². The van der Waals surface area contributed by atoms with Gasteiger partial charge >= 0.3 is 0 Å². The molecule has 0 fully saturated rings. The molecule has 0 unspecified atom stereocenters. The van der Waals surface area contributed by atoms with Crippen molar-refractivity contribution in [3.8, 4) is 11.8 Å². The predicted molar refractivity (Wildman–Crippen MR) is 123 cm³/mol. The van der Waals surface area contributed by atoms with Gasteiger partial charge in [-0.05, 0) is 63.8 Å². The number of nitriles is 1. The van der Waals surface area contributed by atoms with E-state index in [0.717, 1.165) is 34.7 Å². The summed E-state index contributed by atoms with van der Waals surface area (Å²) in [6.07, 6.45) is 0.667. The SMILES string of the molecule is Cc1nn(-c2ccc(C#N)c(Cl)c2)c(C)c1Cc1cccc(C(=O)NCCN(C)C)c1. The minimum absolute atomic E-state index is 0.0694. The lowest BCUT2D eigenvalue weighted by molar-refractivity contribution is 0.0951. The van der Waals surface area contributed by atoms with Gasteiger partial charge in [0.1, 0.15) is 6.07 Å². The summed E-state index contributed by atoms with van der Waals surface area (Å²) in [4.78, 5) is 14.5. The molecule has 0 saturated carbocycles. The van der Waals surface area contributed by atoms with E-state index in [-0.39, 0.29) is 5.91 Å². The molecule has 1 aromatic heterocycles. The van der Waals surface area contributed by atoms with Gasteiger partial charge in [0.15, 0.2) is 0 Å². The number of nitrogens with zero attached hydrogens (tertiary/aromatic N) is 4. The summed E-state index contributed by atoms with van der Waals surface area (Å²) >= 11 is 6.20. The summed E-state index contributed by atoms with van der Waals surface area (Å²) in [6.45, 7) is 5.39. The maximum atomic E-state index is 12.5. The second-order valence-corrected chi connectivity index (χ2v) is 8.18. The van der Waals surface area contributed by atoms with Crippen LogP contribution in [0, 0.1) is 25.2 Å². The van der Waals surface area contributed by atoms with Crippen LogP contribution in [0.1, 0.15) is 38.4 Å². The van der Waals surface area contributed by atoms with Gasteiger partial charge in [-0.15, -0.1) is 0 Å². The Hall–Kier alpha value is -3.14. The predicted octanol–water partition coefficient (Wildman–Crippen LogP) is 3.90. The van der Waals surface area contributed by atoms with Gasteiger partial charge in [-0.1, -0.05) is 23.7 Å². The molecule has 0 spiro atoms. The Bertz CT molecular complexity index is 1140. The highest BCUT2D eigenvalue weighted by Crippen LogP contribution is 2.24. The highest BCUT2D eigenvalue weighted by molar-refractivity contribution is 6.31. The zero-order chi connectivity index (χ0) is 22.5. The third-order valence-corrected chi connectivity index (χ3v) is 5.49. The van der Waals surface area contributed by atoms with E-state index >= 15 is 0 Å². The fraction of sp³-hybridized carbons (Fsp3) is 0.292. The van der Waals surface area contributed by atoms with Crippen LogP contribution in [0.4, 0.5) is 0 Å². The normalized spacial score (nSPS) is 10.9. The molecule has 31 heavy (non-hydrogen) atoms. The van der Waals surface area contributed by atoms with Crippen LogP contribution >= 0.6 is 11.6 Å². The van der Waals surface area contributed by atoms with E-state index in [2.05, 4.69) is 16.5 Å². The van der Waals surface area contributed by atoms with Crippen molar-refractivity contribution in [2.75, 3.05) is 27.2 Å². The number of amides is 1. The lowest BCUT2D eigenvalue weighted by atomic mass is 10.0. The Kier molecular flexibility index (Phi) is 7.11. The van der Waals surface area contributed by atoms with Crippen LogP contribution in [0.15, 0.2) is 42.5 Å². The maximum Gasteiger partial charge on any atom is 0.251 e. The first kappa shape index (κ1) is 22.5. The monoisotopic (exact) mass is 435 g/mol. The minimum atomic E-state index is -0.0694. The Morgan fingerprint density at radius 2 is 2.00 bits per heavy atom. The van der Waals surface area contributed by atoms with Gasteiger partial charge in [-0.2, -0.15) is 10.4 Å². The number of aromatic nitrogens is 2. The minimum Gasteiger partial charge on any atom is -0.351 e. The van der Waals surface area contributed by atoms with Crippen molar-refractivity contribution in [3.05, 3.63) is 81.1 Å². The number of aryl methyl sites for hydroxylation is 1. The van der Waals surface area contributed by atoms with Crippen LogP contribution in [-0.2, 0) is 6.42 Å². The molecule has 0 aliphatic carbocycles. The zero-order valence-electron chi connectivity index (χ0n) is 18.2. The average Bonchev–Trinajstić information content (AvgIpc) is 3.02. The van der Waals surface area contributed by atoms with E-state index in [4.69, 9.17) is 16.9 Å². The second-order valence-electron chi connectivity index (χ2n) is 7.77. The summed E-state index contributed by atoms with van der Waals surface area (Å²) in [5, 5.41) is 17.1. The van der Waals surface area contributed by atoms with Gasteiger partial charge in [-0.25, -0.2) is 4.68 Å². The highest BCUT2D eigenvalue weighted by atomic mass is 35.5. The summed E-state index contributed by atoms with van der Waals surface area (Å²) in [6, 6.07) is 15.1. The number of likely N-dealkylation sites (N-methyl/N-ethyl adjacent to an activating group) is 1. The fourth-order valence-corrected chi connectivity index (χ4v) is 3.65. The van der Waals surface area contributed by atoms with Gasteiger partial charge in [-0.3, -0.25) is 4.79 Å². The molecule has 3 rings (SSSR count). The quantitative estimate of drug-likeness (QED) is 0.610. The molecule has 160 valence electrons. The number of nitrogens with one attached hydrogen (secondary N) is 1. The van der Waals surface area contributed by atoms with Gasteiger partial charge < -0.3 is 10.2 Å². The van der Waals surface area contributed by atoms with E-state index < -0.39 is 0 Å². The molecule has 1 amide bonds. The van der Waals surface area contributed by atoms with E-state index in [0.29, 0.717) is 29.1 Å². The van der Waals surface area contributed by atoms with Crippen LogP contribution < -0.4 is 5.32 Å². The van der Waals surface area contributed by atoms with Crippen molar-refractivity contribution in [1.82, 2.24) is 20.0 Å². The first-order chi connectivity index (χ1) is 14.8. The van der Waals surface area contributed by atoms with Crippen molar-refractivity contribution in [3.63, 3.8) is 0 Å². The first-order valence-corrected chi connectivity index (χ1v) is 10.4. The molecule has 1 N–H and O–H groups in total. The van der Waals surface area contributed by atoms with Crippen LogP contribution in [0.25, 0.3) is 5.69 Å². The Morgan fingerprint density at radius 3 is 2.68 bits per heavy atom. The molecule has 0 saturated heterocycles. The number of hydrogen-bond acceptors (Lipinski definition) is 4. The summed E-state index contributed by atoms with van der Waals surface area (Å²) in [7, 11) is 3.95. The molecule has 3 aromatic rings. The second kappa shape index (κ2) is 9.78. The Morgan fingerprint density at radius 1 is 1.23 bits per heavy atom. The van der Waals surface area contributed by atoms with Crippen molar-refractivity contribution in [2.45, 2.75) is 20.3 Å². The number of rotatable bonds is 7. The topological polar surface area (TPSA) is 73.9 Å². The molecule has 0 bridgehead atoms.